The van der Waals surface area contributed by atoms with Gasteiger partial charge in [-0.15, -0.1) is 0 Å². The second-order valence-corrected chi connectivity index (χ2v) is 8.48. The Hall–Kier alpha value is -1.53. The fraction of sp³-hybridized carbons (Fsp3) is 0.294. The molecule has 0 aromatic heterocycles. The van der Waals surface area contributed by atoms with E-state index in [1.807, 2.05) is 38.1 Å². The molecule has 0 saturated heterocycles. The Kier molecular flexibility index (Phi) is 4.14. The van der Waals surface area contributed by atoms with Gasteiger partial charge in [-0.2, -0.15) is 0 Å². The molecule has 122 valence electrons. The normalized spacial score (nSPS) is 17.2. The van der Waals surface area contributed by atoms with Crippen LogP contribution >= 0.6 is 15.9 Å². The summed E-state index contributed by atoms with van der Waals surface area (Å²) < 4.78 is 34.3. The topological polar surface area (TPSA) is 46.6 Å². The summed E-state index contributed by atoms with van der Waals surface area (Å²) in [4.78, 5) is 0.211. The van der Waals surface area contributed by atoms with Crippen LogP contribution in [0, 0.1) is 6.92 Å². The molecule has 6 heteroatoms. The van der Waals surface area contributed by atoms with E-state index in [1.165, 1.54) is 11.4 Å². The van der Waals surface area contributed by atoms with E-state index < -0.39 is 10.0 Å². The van der Waals surface area contributed by atoms with Gasteiger partial charge in [0.05, 0.1) is 12.8 Å². The second kappa shape index (κ2) is 5.83. The lowest BCUT2D eigenvalue weighted by Crippen LogP contribution is -2.36. The summed E-state index contributed by atoms with van der Waals surface area (Å²) in [5.74, 6) is 0.369. The molecule has 0 unspecified atom stereocenters. The monoisotopic (exact) mass is 395 g/mol. The summed E-state index contributed by atoms with van der Waals surface area (Å²) in [5, 5.41) is 0. The third kappa shape index (κ3) is 2.74. The van der Waals surface area contributed by atoms with Crippen molar-refractivity contribution in [2.45, 2.75) is 31.2 Å². The van der Waals surface area contributed by atoms with Gasteiger partial charge in [-0.25, -0.2) is 8.42 Å². The van der Waals surface area contributed by atoms with Gasteiger partial charge in [0.1, 0.15) is 10.6 Å². The maximum absolute atomic E-state index is 13.3. The molecule has 0 N–H and O–H groups in total. The zero-order chi connectivity index (χ0) is 16.8. The van der Waals surface area contributed by atoms with E-state index in [-0.39, 0.29) is 10.9 Å². The van der Waals surface area contributed by atoms with Gasteiger partial charge in [-0.1, -0.05) is 22.0 Å². The summed E-state index contributed by atoms with van der Waals surface area (Å²) in [6, 6.07) is 10.8. The summed E-state index contributed by atoms with van der Waals surface area (Å²) in [7, 11) is -2.20. The van der Waals surface area contributed by atoms with Crippen LogP contribution in [0.3, 0.4) is 0 Å². The first kappa shape index (κ1) is 16.3. The molecule has 2 aromatic rings. The van der Waals surface area contributed by atoms with Crippen LogP contribution in [0.2, 0.25) is 0 Å². The molecule has 0 saturated carbocycles. The number of nitrogens with zero attached hydrogens (tertiary/aromatic N) is 1. The van der Waals surface area contributed by atoms with Crippen molar-refractivity contribution in [2.24, 2.45) is 0 Å². The van der Waals surface area contributed by atoms with Gasteiger partial charge in [0.25, 0.3) is 10.0 Å². The second-order valence-electron chi connectivity index (χ2n) is 5.78. The molecular weight excluding hydrogens is 378 g/mol. The van der Waals surface area contributed by atoms with Crippen LogP contribution in [0.15, 0.2) is 45.8 Å². The predicted octanol–water partition coefficient (Wildman–Crippen LogP) is 3.91. The maximum Gasteiger partial charge on any atom is 0.268 e. The molecule has 1 aliphatic rings. The molecule has 1 atom stereocenters. The van der Waals surface area contributed by atoms with Gasteiger partial charge in [0.15, 0.2) is 0 Å². The Morgan fingerprint density at radius 2 is 1.96 bits per heavy atom. The van der Waals surface area contributed by atoms with Crippen molar-refractivity contribution < 1.29 is 13.2 Å². The lowest BCUT2D eigenvalue weighted by Gasteiger charge is -2.25. The van der Waals surface area contributed by atoms with Gasteiger partial charge in [0, 0.05) is 10.5 Å². The third-order valence-electron chi connectivity index (χ3n) is 4.05. The highest BCUT2D eigenvalue weighted by molar-refractivity contribution is 9.10. The van der Waals surface area contributed by atoms with Crippen LogP contribution in [-0.2, 0) is 16.4 Å². The first-order valence-corrected chi connectivity index (χ1v) is 9.55. The van der Waals surface area contributed by atoms with E-state index in [1.54, 1.807) is 12.1 Å². The Labute approximate surface area is 145 Å². The Morgan fingerprint density at radius 3 is 2.65 bits per heavy atom. The summed E-state index contributed by atoms with van der Waals surface area (Å²) >= 11 is 3.44. The van der Waals surface area contributed by atoms with Crippen molar-refractivity contribution in [1.29, 1.82) is 0 Å². The molecule has 3 rings (SSSR count). The number of sulfonamides is 1. The first-order chi connectivity index (χ1) is 10.8. The number of aryl methyl sites for hydroxylation is 1. The van der Waals surface area contributed by atoms with Crippen molar-refractivity contribution in [1.82, 2.24) is 0 Å². The standard InChI is InChI=1S/C17H18BrNO3S/c1-11-4-7-16(22-3)17(8-11)23(20,21)19-12(2)9-13-10-14(18)5-6-15(13)19/h4-8,10,12H,9H2,1-3H3/t12-/m0/s1. The lowest BCUT2D eigenvalue weighted by molar-refractivity contribution is 0.402. The largest absolute Gasteiger partial charge is 0.495 e. The van der Waals surface area contributed by atoms with E-state index in [0.29, 0.717) is 12.2 Å². The van der Waals surface area contributed by atoms with Crippen molar-refractivity contribution in [3.05, 3.63) is 52.0 Å². The average molecular weight is 396 g/mol. The third-order valence-corrected chi connectivity index (χ3v) is 6.49. The van der Waals surface area contributed by atoms with E-state index in [9.17, 15) is 8.42 Å². The quantitative estimate of drug-likeness (QED) is 0.791. The van der Waals surface area contributed by atoms with Gasteiger partial charge < -0.3 is 4.74 Å². The minimum absolute atomic E-state index is 0.130. The van der Waals surface area contributed by atoms with Gasteiger partial charge >= 0.3 is 0 Å². The molecular formula is C17H18BrNO3S. The number of hydrogen-bond donors (Lipinski definition) is 0. The molecule has 0 aliphatic carbocycles. The molecule has 4 nitrogen and oxygen atoms in total. The van der Waals surface area contributed by atoms with Crippen molar-refractivity contribution in [2.75, 3.05) is 11.4 Å². The fourth-order valence-corrected chi connectivity index (χ4v) is 5.38. The number of halogens is 1. The minimum atomic E-state index is -3.69. The average Bonchev–Trinajstić information content (AvgIpc) is 2.82. The zero-order valence-electron chi connectivity index (χ0n) is 13.2. The van der Waals surface area contributed by atoms with Gasteiger partial charge in [0.2, 0.25) is 0 Å². The van der Waals surface area contributed by atoms with Crippen LogP contribution in [0.1, 0.15) is 18.1 Å². The van der Waals surface area contributed by atoms with E-state index in [4.69, 9.17) is 4.74 Å². The summed E-state index contributed by atoms with van der Waals surface area (Å²) in [6.07, 6.45) is 0.697. The maximum atomic E-state index is 13.3. The minimum Gasteiger partial charge on any atom is -0.495 e. The van der Waals surface area contributed by atoms with Gasteiger partial charge in [-0.3, -0.25) is 4.31 Å². The van der Waals surface area contributed by atoms with Crippen LogP contribution in [0.25, 0.3) is 0 Å². The molecule has 1 heterocycles. The smallest absolute Gasteiger partial charge is 0.268 e. The number of rotatable bonds is 3. The lowest BCUT2D eigenvalue weighted by atomic mass is 10.1. The summed E-state index contributed by atoms with van der Waals surface area (Å²) in [6.45, 7) is 3.80. The summed E-state index contributed by atoms with van der Waals surface area (Å²) in [5.41, 5.74) is 2.65. The molecule has 0 fully saturated rings. The van der Waals surface area contributed by atoms with Crippen LogP contribution < -0.4 is 9.04 Å². The van der Waals surface area contributed by atoms with E-state index in [0.717, 1.165) is 21.3 Å². The number of benzene rings is 2. The number of anilines is 1. The number of hydrogen-bond acceptors (Lipinski definition) is 3. The van der Waals surface area contributed by atoms with Crippen molar-refractivity contribution in [3.63, 3.8) is 0 Å². The molecule has 0 bridgehead atoms. The van der Waals surface area contributed by atoms with Gasteiger partial charge in [-0.05, 0) is 61.7 Å². The highest BCUT2D eigenvalue weighted by Crippen LogP contribution is 2.40. The van der Waals surface area contributed by atoms with E-state index in [2.05, 4.69) is 15.9 Å². The SMILES string of the molecule is COc1ccc(C)cc1S(=O)(=O)N1c2ccc(Br)cc2C[C@@H]1C. The number of methoxy groups -OCH3 is 1. The number of fused-ring (bicyclic) bond motifs is 1. The highest BCUT2D eigenvalue weighted by atomic mass is 79.9. The number of ether oxygens (including phenoxy) is 1. The highest BCUT2D eigenvalue weighted by Gasteiger charge is 2.37. The Morgan fingerprint density at radius 1 is 1.22 bits per heavy atom. The van der Waals surface area contributed by atoms with Crippen molar-refractivity contribution >= 4 is 31.6 Å². The molecule has 2 aromatic carbocycles. The molecule has 0 spiro atoms. The van der Waals surface area contributed by atoms with Crippen molar-refractivity contribution in [3.8, 4) is 5.75 Å². The molecule has 0 radical (unpaired) electrons. The molecule has 0 amide bonds. The Bertz CT molecular complexity index is 864. The van der Waals surface area contributed by atoms with Crippen LogP contribution in [0.5, 0.6) is 5.75 Å². The predicted molar refractivity (Wildman–Crippen MR) is 94.7 cm³/mol. The van der Waals surface area contributed by atoms with E-state index >= 15 is 0 Å². The first-order valence-electron chi connectivity index (χ1n) is 7.32. The van der Waals surface area contributed by atoms with Crippen LogP contribution in [0.4, 0.5) is 5.69 Å². The molecule has 23 heavy (non-hydrogen) atoms. The van der Waals surface area contributed by atoms with Crippen LogP contribution in [-0.4, -0.2) is 21.6 Å². The zero-order valence-corrected chi connectivity index (χ0v) is 15.6. The Balaban J connectivity index is 2.17. The fourth-order valence-electron chi connectivity index (χ4n) is 3.03. The molecule has 1 aliphatic heterocycles.